The number of aromatic nitrogens is 3. The maximum Gasteiger partial charge on any atom is 0.138 e. The predicted octanol–water partition coefficient (Wildman–Crippen LogP) is 3.24. The van der Waals surface area contributed by atoms with Crippen LogP contribution in [0.15, 0.2) is 18.5 Å². The van der Waals surface area contributed by atoms with Crippen molar-refractivity contribution in [1.82, 2.24) is 15.0 Å². The lowest BCUT2D eigenvalue weighted by molar-refractivity contribution is 0.241. The number of hydrogen-bond acceptors (Lipinski definition) is 5. The van der Waals surface area contributed by atoms with Crippen molar-refractivity contribution in [2.75, 3.05) is 12.4 Å². The number of hydrogen-bond donors (Lipinski definition) is 1. The summed E-state index contributed by atoms with van der Waals surface area (Å²) in [7, 11) is 1.87. The van der Waals surface area contributed by atoms with Crippen LogP contribution in [-0.4, -0.2) is 28.1 Å². The van der Waals surface area contributed by atoms with Gasteiger partial charge in [-0.25, -0.2) is 9.97 Å². The molecule has 5 heteroatoms. The van der Waals surface area contributed by atoms with E-state index >= 15 is 0 Å². The van der Waals surface area contributed by atoms with Crippen molar-refractivity contribution in [2.24, 2.45) is 0 Å². The quantitative estimate of drug-likeness (QED) is 0.914. The van der Waals surface area contributed by atoms with Crippen LogP contribution < -0.4 is 10.1 Å². The first-order valence-electron chi connectivity index (χ1n) is 7.22. The van der Waals surface area contributed by atoms with Crippen molar-refractivity contribution < 1.29 is 4.74 Å². The molecule has 5 nitrogen and oxygen atoms in total. The van der Waals surface area contributed by atoms with Gasteiger partial charge >= 0.3 is 0 Å². The van der Waals surface area contributed by atoms with Crippen LogP contribution in [0.4, 0.5) is 5.82 Å². The Bertz CT molecular complexity index is 626. The first-order chi connectivity index (χ1) is 10.0. The molecule has 0 aliphatic heterocycles. The van der Waals surface area contributed by atoms with Crippen LogP contribution in [-0.2, 0) is 6.42 Å². The molecule has 0 radical (unpaired) electrons. The largest absolute Gasteiger partial charge is 0.489 e. The summed E-state index contributed by atoms with van der Waals surface area (Å²) in [5.41, 5.74) is 2.85. The first-order valence-corrected chi connectivity index (χ1v) is 7.22. The molecule has 0 spiro atoms. The van der Waals surface area contributed by atoms with Gasteiger partial charge in [-0.1, -0.05) is 6.92 Å². The van der Waals surface area contributed by atoms with Crippen molar-refractivity contribution in [3.63, 3.8) is 0 Å². The van der Waals surface area contributed by atoms with Gasteiger partial charge < -0.3 is 10.1 Å². The van der Waals surface area contributed by atoms with E-state index in [0.29, 0.717) is 0 Å². The van der Waals surface area contributed by atoms with E-state index in [1.165, 1.54) is 0 Å². The Labute approximate surface area is 125 Å². The van der Waals surface area contributed by atoms with E-state index in [9.17, 15) is 0 Å². The van der Waals surface area contributed by atoms with Crippen LogP contribution in [0.5, 0.6) is 5.75 Å². The van der Waals surface area contributed by atoms with Crippen LogP contribution in [0.1, 0.15) is 32.2 Å². The van der Waals surface area contributed by atoms with Crippen LogP contribution in [0.2, 0.25) is 0 Å². The van der Waals surface area contributed by atoms with Gasteiger partial charge in [-0.3, -0.25) is 4.98 Å². The monoisotopic (exact) mass is 286 g/mol. The van der Waals surface area contributed by atoms with Crippen LogP contribution >= 0.6 is 0 Å². The van der Waals surface area contributed by atoms with Gasteiger partial charge in [0.1, 0.15) is 17.4 Å². The summed E-state index contributed by atoms with van der Waals surface area (Å²) in [6.07, 6.45) is 4.44. The van der Waals surface area contributed by atoms with Gasteiger partial charge in [-0.15, -0.1) is 0 Å². The third-order valence-corrected chi connectivity index (χ3v) is 3.10. The minimum Gasteiger partial charge on any atom is -0.489 e. The van der Waals surface area contributed by atoms with E-state index in [0.717, 1.165) is 40.6 Å². The maximum atomic E-state index is 5.71. The van der Waals surface area contributed by atoms with Crippen LogP contribution in [0.3, 0.4) is 0 Å². The van der Waals surface area contributed by atoms with Crippen molar-refractivity contribution in [3.05, 3.63) is 29.8 Å². The lowest BCUT2D eigenvalue weighted by atomic mass is 10.1. The Kier molecular flexibility index (Phi) is 4.73. The summed E-state index contributed by atoms with van der Waals surface area (Å²) in [6, 6.07) is 1.97. The van der Waals surface area contributed by atoms with E-state index in [4.69, 9.17) is 4.74 Å². The molecule has 2 rings (SSSR count). The molecule has 0 aromatic carbocycles. The number of anilines is 1. The second-order valence-electron chi connectivity index (χ2n) is 5.14. The van der Waals surface area contributed by atoms with E-state index < -0.39 is 0 Å². The standard InChI is InChI=1S/C16H22N4O/c1-6-14-19-15(11(4)16(17-5)20-14)12-7-13(9-18-8-12)21-10(2)3/h7-10H,6H2,1-5H3,(H,17,19,20). The average Bonchev–Trinajstić information content (AvgIpc) is 2.47. The number of ether oxygens (including phenoxy) is 1. The lowest BCUT2D eigenvalue weighted by Gasteiger charge is -2.13. The second kappa shape index (κ2) is 6.52. The first kappa shape index (κ1) is 15.2. The zero-order valence-corrected chi connectivity index (χ0v) is 13.3. The van der Waals surface area contributed by atoms with Crippen molar-refractivity contribution >= 4 is 5.82 Å². The van der Waals surface area contributed by atoms with Crippen LogP contribution in [0.25, 0.3) is 11.3 Å². The van der Waals surface area contributed by atoms with Crippen LogP contribution in [0, 0.1) is 6.92 Å². The van der Waals surface area contributed by atoms with Crippen molar-refractivity contribution in [1.29, 1.82) is 0 Å². The Morgan fingerprint density at radius 1 is 1.24 bits per heavy atom. The molecule has 0 amide bonds. The topological polar surface area (TPSA) is 59.9 Å². The van der Waals surface area contributed by atoms with E-state index in [1.54, 1.807) is 12.4 Å². The predicted molar refractivity (Wildman–Crippen MR) is 84.7 cm³/mol. The highest BCUT2D eigenvalue weighted by molar-refractivity contribution is 5.68. The molecule has 0 saturated carbocycles. The second-order valence-corrected chi connectivity index (χ2v) is 5.14. The molecule has 2 aromatic rings. The molecule has 1 N–H and O–H groups in total. The number of nitrogens with zero attached hydrogens (tertiary/aromatic N) is 3. The average molecular weight is 286 g/mol. The lowest BCUT2D eigenvalue weighted by Crippen LogP contribution is -2.07. The highest BCUT2D eigenvalue weighted by atomic mass is 16.5. The molecular weight excluding hydrogens is 264 g/mol. The Morgan fingerprint density at radius 2 is 2.00 bits per heavy atom. The van der Waals surface area contributed by atoms with E-state index in [-0.39, 0.29) is 6.10 Å². The highest BCUT2D eigenvalue weighted by Crippen LogP contribution is 2.27. The minimum atomic E-state index is 0.118. The van der Waals surface area contributed by atoms with Gasteiger partial charge in [0.05, 0.1) is 18.0 Å². The molecule has 0 unspecified atom stereocenters. The van der Waals surface area contributed by atoms with Gasteiger partial charge in [-0.2, -0.15) is 0 Å². The zero-order chi connectivity index (χ0) is 15.4. The third kappa shape index (κ3) is 3.48. The molecule has 0 saturated heterocycles. The SMILES string of the molecule is CCc1nc(NC)c(C)c(-c2cncc(OC(C)C)c2)n1. The summed E-state index contributed by atoms with van der Waals surface area (Å²) in [5.74, 6) is 2.42. The Hall–Kier alpha value is -2.17. The summed E-state index contributed by atoms with van der Waals surface area (Å²) in [5, 5.41) is 3.12. The molecule has 0 bridgehead atoms. The molecule has 0 aliphatic rings. The zero-order valence-electron chi connectivity index (χ0n) is 13.3. The molecule has 2 heterocycles. The fourth-order valence-corrected chi connectivity index (χ4v) is 2.13. The van der Waals surface area contributed by atoms with Crippen molar-refractivity contribution in [3.8, 4) is 17.0 Å². The molecule has 0 fully saturated rings. The number of rotatable bonds is 5. The molecule has 2 aromatic heterocycles. The fraction of sp³-hybridized carbons (Fsp3) is 0.438. The fourth-order valence-electron chi connectivity index (χ4n) is 2.13. The van der Waals surface area contributed by atoms with Gasteiger partial charge in [0.15, 0.2) is 0 Å². The minimum absolute atomic E-state index is 0.118. The van der Waals surface area contributed by atoms with E-state index in [2.05, 4.69) is 20.3 Å². The normalized spacial score (nSPS) is 10.8. The summed E-state index contributed by atoms with van der Waals surface area (Å²) >= 11 is 0. The molecule has 0 atom stereocenters. The van der Waals surface area contributed by atoms with E-state index in [1.807, 2.05) is 40.8 Å². The van der Waals surface area contributed by atoms with Gasteiger partial charge in [0, 0.05) is 30.8 Å². The van der Waals surface area contributed by atoms with Gasteiger partial charge in [0.25, 0.3) is 0 Å². The third-order valence-electron chi connectivity index (χ3n) is 3.10. The highest BCUT2D eigenvalue weighted by Gasteiger charge is 2.12. The Balaban J connectivity index is 2.50. The van der Waals surface area contributed by atoms with Gasteiger partial charge in [-0.05, 0) is 26.8 Å². The molecule has 21 heavy (non-hydrogen) atoms. The molecular formula is C16H22N4O. The summed E-state index contributed by atoms with van der Waals surface area (Å²) in [6.45, 7) is 8.05. The number of nitrogens with one attached hydrogen (secondary N) is 1. The Morgan fingerprint density at radius 3 is 2.62 bits per heavy atom. The smallest absolute Gasteiger partial charge is 0.138 e. The summed E-state index contributed by atoms with van der Waals surface area (Å²) in [4.78, 5) is 13.4. The number of pyridine rings is 1. The van der Waals surface area contributed by atoms with Crippen molar-refractivity contribution in [2.45, 2.75) is 40.2 Å². The number of aryl methyl sites for hydroxylation is 1. The summed E-state index contributed by atoms with van der Waals surface area (Å²) < 4.78 is 5.71. The maximum absolute atomic E-state index is 5.71. The molecule has 0 aliphatic carbocycles. The van der Waals surface area contributed by atoms with Gasteiger partial charge in [0.2, 0.25) is 0 Å². The molecule has 112 valence electrons.